The molecule has 1 aliphatic heterocycles. The van der Waals surface area contributed by atoms with Gasteiger partial charge in [0.15, 0.2) is 11.6 Å². The van der Waals surface area contributed by atoms with E-state index in [1.807, 2.05) is 0 Å². The number of hydrogen-bond acceptors (Lipinski definition) is 7. The molecule has 178 valence electrons. The van der Waals surface area contributed by atoms with Crippen LogP contribution in [0.3, 0.4) is 0 Å². The van der Waals surface area contributed by atoms with E-state index in [0.29, 0.717) is 12.2 Å². The molecule has 0 fully saturated rings. The number of aliphatic hydroxyl groups is 1. The predicted octanol–water partition coefficient (Wildman–Crippen LogP) is 3.75. The molecule has 0 atom stereocenters. The van der Waals surface area contributed by atoms with Crippen LogP contribution in [-0.2, 0) is 6.18 Å². The minimum absolute atomic E-state index is 0.0393. The average molecular weight is 475 g/mol. The Balaban J connectivity index is 1.56. The van der Waals surface area contributed by atoms with Crippen molar-refractivity contribution in [1.29, 1.82) is 0 Å². The van der Waals surface area contributed by atoms with Gasteiger partial charge in [0.25, 0.3) is 0 Å². The highest BCUT2D eigenvalue weighted by Gasteiger charge is 2.31. The van der Waals surface area contributed by atoms with Crippen LogP contribution in [-0.4, -0.2) is 52.5 Å². The normalized spacial score (nSPS) is 13.1. The van der Waals surface area contributed by atoms with Gasteiger partial charge in [-0.25, -0.2) is 14.8 Å². The molecule has 0 aliphatic carbocycles. The number of hydrogen-bond donors (Lipinski definition) is 2. The fraction of sp³-hybridized carbons (Fsp3) is 0.273. The summed E-state index contributed by atoms with van der Waals surface area (Å²) >= 11 is 0. The number of nitrogens with one attached hydrogen (secondary N) is 1. The number of carbonyl (C=O) groups is 1. The van der Waals surface area contributed by atoms with Crippen LogP contribution in [0.1, 0.15) is 12.0 Å². The molecule has 2 N–H and O–H groups in total. The Morgan fingerprint density at radius 2 is 2.06 bits per heavy atom. The molecule has 0 bridgehead atoms. The number of aliphatic hydroxyl groups excluding tert-OH is 1. The number of amides is 2. The lowest BCUT2D eigenvalue weighted by Crippen LogP contribution is -2.41. The van der Waals surface area contributed by atoms with Gasteiger partial charge in [-0.15, -0.1) is 0 Å². The number of urea groups is 1. The van der Waals surface area contributed by atoms with Crippen molar-refractivity contribution in [3.8, 4) is 23.0 Å². The smallest absolute Gasteiger partial charge is 0.416 e. The highest BCUT2D eigenvalue weighted by Crippen LogP contribution is 2.35. The van der Waals surface area contributed by atoms with E-state index in [1.54, 1.807) is 6.07 Å². The summed E-state index contributed by atoms with van der Waals surface area (Å²) in [4.78, 5) is 26.8. The van der Waals surface area contributed by atoms with Crippen molar-refractivity contribution in [1.82, 2.24) is 15.0 Å². The first-order valence-corrected chi connectivity index (χ1v) is 10.3. The Hall–Kier alpha value is -3.93. The van der Waals surface area contributed by atoms with E-state index in [4.69, 9.17) is 14.6 Å². The van der Waals surface area contributed by atoms with Crippen LogP contribution in [0.2, 0.25) is 0 Å². The Bertz CT molecular complexity index is 1180. The molecule has 0 unspecified atom stereocenters. The number of carbonyl (C=O) groups excluding carboxylic acids is 1. The Morgan fingerprint density at radius 3 is 2.85 bits per heavy atom. The first-order chi connectivity index (χ1) is 16.3. The van der Waals surface area contributed by atoms with Gasteiger partial charge in [-0.3, -0.25) is 10.2 Å². The molecule has 0 radical (unpaired) electrons. The van der Waals surface area contributed by atoms with E-state index in [-0.39, 0.29) is 55.3 Å². The summed E-state index contributed by atoms with van der Waals surface area (Å²) in [5.74, 6) is 0.682. The number of pyridine rings is 1. The maximum atomic E-state index is 13.1. The number of ether oxygens (including phenoxy) is 2. The lowest BCUT2D eigenvalue weighted by molar-refractivity contribution is -0.137. The van der Waals surface area contributed by atoms with Crippen molar-refractivity contribution in [2.75, 3.05) is 36.6 Å². The fourth-order valence-corrected chi connectivity index (χ4v) is 3.19. The Morgan fingerprint density at radius 1 is 1.21 bits per heavy atom. The quantitative estimate of drug-likeness (QED) is 0.523. The molecule has 0 spiro atoms. The number of fused-ring (bicyclic) bond motifs is 1. The molecule has 4 rings (SSSR count). The maximum Gasteiger partial charge on any atom is 0.416 e. The molecule has 0 saturated carbocycles. The van der Waals surface area contributed by atoms with Gasteiger partial charge >= 0.3 is 18.2 Å². The molecular formula is C22H20F3N5O4. The van der Waals surface area contributed by atoms with E-state index in [2.05, 4.69) is 20.3 Å². The largest absolute Gasteiger partial charge is 0.488 e. The number of halogens is 3. The van der Waals surface area contributed by atoms with Crippen LogP contribution in [0.25, 0.3) is 11.3 Å². The van der Waals surface area contributed by atoms with Crippen molar-refractivity contribution in [2.24, 2.45) is 0 Å². The van der Waals surface area contributed by atoms with Gasteiger partial charge in [0, 0.05) is 24.8 Å². The molecule has 2 aromatic heterocycles. The second-order valence-electron chi connectivity index (χ2n) is 7.18. The van der Waals surface area contributed by atoms with Gasteiger partial charge in [-0.05, 0) is 30.3 Å². The first kappa shape index (κ1) is 23.2. The van der Waals surface area contributed by atoms with Crippen molar-refractivity contribution in [2.45, 2.75) is 12.6 Å². The summed E-state index contributed by atoms with van der Waals surface area (Å²) in [6.07, 6.45) is -2.67. The Labute approximate surface area is 192 Å². The third-order valence-corrected chi connectivity index (χ3v) is 4.80. The van der Waals surface area contributed by atoms with E-state index < -0.39 is 17.8 Å². The van der Waals surface area contributed by atoms with Crippen molar-refractivity contribution in [3.63, 3.8) is 0 Å². The standard InChI is InChI=1S/C22H20F3N5O4/c23-22(24,25)15-4-1-3-14(13-15)16-5-6-17-19(27-16)30(9-12-33-17)21(32)29-18-7-8-26-20(28-18)34-11-2-10-31/h1,3-8,13,31H,2,9-12H2,(H,26,28,29,32). The second-order valence-corrected chi connectivity index (χ2v) is 7.18. The van der Waals surface area contributed by atoms with Crippen LogP contribution in [0.15, 0.2) is 48.7 Å². The van der Waals surface area contributed by atoms with Gasteiger partial charge in [0.2, 0.25) is 0 Å². The van der Waals surface area contributed by atoms with Crippen molar-refractivity contribution >= 4 is 17.7 Å². The minimum atomic E-state index is -4.49. The third kappa shape index (κ3) is 5.34. The van der Waals surface area contributed by atoms with Crippen LogP contribution in [0, 0.1) is 0 Å². The molecule has 12 heteroatoms. The van der Waals surface area contributed by atoms with Crippen LogP contribution < -0.4 is 19.7 Å². The molecule has 9 nitrogen and oxygen atoms in total. The van der Waals surface area contributed by atoms with Gasteiger partial charge < -0.3 is 14.6 Å². The van der Waals surface area contributed by atoms with Crippen molar-refractivity contribution in [3.05, 3.63) is 54.2 Å². The summed E-state index contributed by atoms with van der Waals surface area (Å²) in [7, 11) is 0. The summed E-state index contributed by atoms with van der Waals surface area (Å²) in [5, 5.41) is 11.5. The summed E-state index contributed by atoms with van der Waals surface area (Å²) in [6, 6.07) is 8.86. The van der Waals surface area contributed by atoms with Crippen molar-refractivity contribution < 1.29 is 32.5 Å². The number of rotatable bonds is 6. The number of nitrogens with zero attached hydrogens (tertiary/aromatic N) is 4. The molecular weight excluding hydrogens is 455 g/mol. The summed E-state index contributed by atoms with van der Waals surface area (Å²) in [5.41, 5.74) is -0.282. The monoisotopic (exact) mass is 475 g/mol. The Kier molecular flexibility index (Phi) is 6.77. The van der Waals surface area contributed by atoms with Crippen LogP contribution >= 0.6 is 0 Å². The zero-order valence-corrected chi connectivity index (χ0v) is 17.7. The van der Waals surface area contributed by atoms with E-state index in [1.165, 1.54) is 35.4 Å². The number of aromatic nitrogens is 3. The minimum Gasteiger partial charge on any atom is -0.488 e. The van der Waals surface area contributed by atoms with E-state index in [0.717, 1.165) is 12.1 Å². The molecule has 0 saturated heterocycles. The molecule has 3 heterocycles. The molecule has 1 aromatic carbocycles. The first-order valence-electron chi connectivity index (χ1n) is 10.3. The van der Waals surface area contributed by atoms with Crippen LogP contribution in [0.5, 0.6) is 11.8 Å². The van der Waals surface area contributed by atoms with Gasteiger partial charge in [-0.1, -0.05) is 12.1 Å². The van der Waals surface area contributed by atoms with Gasteiger partial charge in [0.05, 0.1) is 24.4 Å². The van der Waals surface area contributed by atoms with Crippen LogP contribution in [0.4, 0.5) is 29.6 Å². The SMILES string of the molecule is O=C(Nc1ccnc(OCCCO)n1)N1CCOc2ccc(-c3cccc(C(F)(F)F)c3)nc21. The zero-order chi connectivity index (χ0) is 24.1. The second kappa shape index (κ2) is 9.91. The fourth-order valence-electron chi connectivity index (χ4n) is 3.19. The summed E-state index contributed by atoms with van der Waals surface area (Å²) < 4.78 is 50.2. The predicted molar refractivity (Wildman–Crippen MR) is 116 cm³/mol. The molecule has 34 heavy (non-hydrogen) atoms. The summed E-state index contributed by atoms with van der Waals surface area (Å²) in [6.45, 7) is 0.558. The molecule has 2 amide bonds. The number of alkyl halides is 3. The number of benzene rings is 1. The highest BCUT2D eigenvalue weighted by molar-refractivity contribution is 6.01. The zero-order valence-electron chi connectivity index (χ0n) is 17.7. The lowest BCUT2D eigenvalue weighted by atomic mass is 10.1. The topological polar surface area (TPSA) is 110 Å². The maximum absolute atomic E-state index is 13.1. The molecule has 1 aliphatic rings. The molecule has 3 aromatic rings. The highest BCUT2D eigenvalue weighted by atomic mass is 19.4. The van der Waals surface area contributed by atoms with E-state index >= 15 is 0 Å². The average Bonchev–Trinajstić information content (AvgIpc) is 2.83. The van der Waals surface area contributed by atoms with Gasteiger partial charge in [0.1, 0.15) is 12.4 Å². The number of anilines is 2. The van der Waals surface area contributed by atoms with E-state index in [9.17, 15) is 18.0 Å². The van der Waals surface area contributed by atoms with Gasteiger partial charge in [-0.2, -0.15) is 18.2 Å². The third-order valence-electron chi connectivity index (χ3n) is 4.80. The lowest BCUT2D eigenvalue weighted by Gasteiger charge is -2.28.